The molecular weight excluding hydrogens is 210 g/mol. The Bertz CT molecular complexity index is 448. The molecule has 2 aromatic rings. The number of aromatic nitrogens is 2. The molecule has 0 saturated heterocycles. The molecule has 0 saturated carbocycles. The van der Waals surface area contributed by atoms with E-state index in [0.29, 0.717) is 6.04 Å². The predicted molar refractivity (Wildman–Crippen MR) is 70.3 cm³/mol. The third kappa shape index (κ3) is 2.56. The fourth-order valence-electron chi connectivity index (χ4n) is 2.07. The topological polar surface area (TPSA) is 29.9 Å². The second kappa shape index (κ2) is 5.64. The summed E-state index contributed by atoms with van der Waals surface area (Å²) in [6.07, 6.45) is 2.93. The highest BCUT2D eigenvalue weighted by Crippen LogP contribution is 2.19. The maximum absolute atomic E-state index is 4.41. The number of nitrogens with one attached hydrogen (secondary N) is 1. The van der Waals surface area contributed by atoms with Crippen molar-refractivity contribution in [1.82, 2.24) is 15.1 Å². The van der Waals surface area contributed by atoms with Crippen molar-refractivity contribution in [2.45, 2.75) is 26.3 Å². The molecule has 0 aliphatic carbocycles. The van der Waals surface area contributed by atoms with Crippen molar-refractivity contribution < 1.29 is 0 Å². The van der Waals surface area contributed by atoms with Gasteiger partial charge in [0, 0.05) is 12.2 Å². The summed E-state index contributed by atoms with van der Waals surface area (Å²) < 4.78 is 2.01. The highest BCUT2D eigenvalue weighted by molar-refractivity contribution is 5.33. The van der Waals surface area contributed by atoms with Crippen molar-refractivity contribution in [3.8, 4) is 5.69 Å². The van der Waals surface area contributed by atoms with Crippen LogP contribution >= 0.6 is 0 Å². The Balaban J connectivity index is 2.34. The minimum absolute atomic E-state index is 0.364. The van der Waals surface area contributed by atoms with Crippen molar-refractivity contribution >= 4 is 0 Å². The maximum Gasteiger partial charge on any atom is 0.0649 e. The van der Waals surface area contributed by atoms with Crippen molar-refractivity contribution in [3.63, 3.8) is 0 Å². The van der Waals surface area contributed by atoms with Gasteiger partial charge in [0.1, 0.15) is 0 Å². The Morgan fingerprint density at radius 3 is 2.59 bits per heavy atom. The van der Waals surface area contributed by atoms with Crippen LogP contribution in [0.2, 0.25) is 0 Å². The Morgan fingerprint density at radius 1 is 1.18 bits per heavy atom. The summed E-state index contributed by atoms with van der Waals surface area (Å²) in [5.74, 6) is 0. The zero-order valence-corrected chi connectivity index (χ0v) is 10.4. The first-order chi connectivity index (χ1) is 8.36. The van der Waals surface area contributed by atoms with Crippen LogP contribution in [0.25, 0.3) is 5.69 Å². The molecule has 1 heterocycles. The summed E-state index contributed by atoms with van der Waals surface area (Å²) in [7, 11) is 0. The highest BCUT2D eigenvalue weighted by atomic mass is 15.3. The van der Waals surface area contributed by atoms with Gasteiger partial charge in [-0.25, -0.2) is 4.68 Å². The smallest absolute Gasteiger partial charge is 0.0649 e. The molecule has 1 N–H and O–H groups in total. The summed E-state index contributed by atoms with van der Waals surface area (Å²) in [5.41, 5.74) is 2.34. The number of hydrogen-bond acceptors (Lipinski definition) is 2. The Hall–Kier alpha value is -1.61. The van der Waals surface area contributed by atoms with Gasteiger partial charge in [-0.05, 0) is 31.2 Å². The molecule has 3 nitrogen and oxygen atoms in total. The van der Waals surface area contributed by atoms with E-state index in [1.165, 1.54) is 5.69 Å². The van der Waals surface area contributed by atoms with E-state index < -0.39 is 0 Å². The monoisotopic (exact) mass is 229 g/mol. The molecule has 0 aliphatic heterocycles. The molecule has 0 aliphatic rings. The van der Waals surface area contributed by atoms with Gasteiger partial charge in [-0.15, -0.1) is 0 Å². The molecule has 3 heteroatoms. The van der Waals surface area contributed by atoms with E-state index in [9.17, 15) is 0 Å². The number of benzene rings is 1. The summed E-state index contributed by atoms with van der Waals surface area (Å²) in [6, 6.07) is 12.7. The zero-order valence-electron chi connectivity index (χ0n) is 10.4. The van der Waals surface area contributed by atoms with Crippen LogP contribution in [0.4, 0.5) is 0 Å². The number of para-hydroxylation sites is 1. The maximum atomic E-state index is 4.41. The van der Waals surface area contributed by atoms with Gasteiger partial charge >= 0.3 is 0 Å². The van der Waals surface area contributed by atoms with Gasteiger partial charge in [0.25, 0.3) is 0 Å². The van der Waals surface area contributed by atoms with E-state index in [4.69, 9.17) is 0 Å². The second-order valence-electron chi connectivity index (χ2n) is 4.02. The third-order valence-corrected chi connectivity index (χ3v) is 2.89. The molecule has 17 heavy (non-hydrogen) atoms. The zero-order chi connectivity index (χ0) is 12.1. The van der Waals surface area contributed by atoms with E-state index in [-0.39, 0.29) is 0 Å². The van der Waals surface area contributed by atoms with Crippen LogP contribution in [-0.4, -0.2) is 16.3 Å². The fourth-order valence-corrected chi connectivity index (χ4v) is 2.07. The standard InChI is InChI=1S/C14H19N3/c1-3-13(15-4-2)14-10-11-16-17(14)12-8-6-5-7-9-12/h5-11,13,15H,3-4H2,1-2H3. The Morgan fingerprint density at radius 2 is 1.94 bits per heavy atom. The fraction of sp³-hybridized carbons (Fsp3) is 0.357. The molecular formula is C14H19N3. The minimum Gasteiger partial charge on any atom is -0.309 e. The molecule has 0 amide bonds. The van der Waals surface area contributed by atoms with Crippen LogP contribution in [0.5, 0.6) is 0 Å². The van der Waals surface area contributed by atoms with Gasteiger partial charge in [-0.3, -0.25) is 0 Å². The van der Waals surface area contributed by atoms with Gasteiger partial charge < -0.3 is 5.32 Å². The lowest BCUT2D eigenvalue weighted by molar-refractivity contribution is 0.510. The molecule has 1 unspecified atom stereocenters. The molecule has 0 bridgehead atoms. The lowest BCUT2D eigenvalue weighted by Gasteiger charge is -2.17. The van der Waals surface area contributed by atoms with Crippen LogP contribution < -0.4 is 5.32 Å². The molecule has 1 aromatic heterocycles. The predicted octanol–water partition coefficient (Wildman–Crippen LogP) is 2.93. The lowest BCUT2D eigenvalue weighted by Crippen LogP contribution is -2.22. The molecule has 0 spiro atoms. The van der Waals surface area contributed by atoms with Crippen molar-refractivity contribution in [2.24, 2.45) is 0 Å². The van der Waals surface area contributed by atoms with Crippen LogP contribution in [-0.2, 0) is 0 Å². The molecule has 1 aromatic carbocycles. The molecule has 0 fully saturated rings. The van der Waals surface area contributed by atoms with Gasteiger partial charge in [0.05, 0.1) is 11.4 Å². The van der Waals surface area contributed by atoms with Crippen LogP contribution in [0, 0.1) is 0 Å². The average Bonchev–Trinajstić information content (AvgIpc) is 2.86. The van der Waals surface area contributed by atoms with Crippen molar-refractivity contribution in [1.29, 1.82) is 0 Å². The third-order valence-electron chi connectivity index (χ3n) is 2.89. The van der Waals surface area contributed by atoms with Gasteiger partial charge in [-0.1, -0.05) is 32.0 Å². The van der Waals surface area contributed by atoms with E-state index in [0.717, 1.165) is 18.7 Å². The summed E-state index contributed by atoms with van der Waals surface area (Å²) in [6.45, 7) is 5.29. The van der Waals surface area contributed by atoms with E-state index in [2.05, 4.69) is 42.5 Å². The SMILES string of the molecule is CCNC(CC)c1ccnn1-c1ccccc1. The normalized spacial score (nSPS) is 12.6. The summed E-state index contributed by atoms with van der Waals surface area (Å²) in [4.78, 5) is 0. The quantitative estimate of drug-likeness (QED) is 0.854. The molecule has 1 atom stereocenters. The minimum atomic E-state index is 0.364. The lowest BCUT2D eigenvalue weighted by atomic mass is 10.1. The Kier molecular flexibility index (Phi) is 3.94. The van der Waals surface area contributed by atoms with Crippen LogP contribution in [0.15, 0.2) is 42.6 Å². The van der Waals surface area contributed by atoms with Crippen LogP contribution in [0.3, 0.4) is 0 Å². The second-order valence-corrected chi connectivity index (χ2v) is 4.02. The first-order valence-corrected chi connectivity index (χ1v) is 6.19. The number of hydrogen-bond donors (Lipinski definition) is 1. The molecule has 90 valence electrons. The number of nitrogens with zero attached hydrogens (tertiary/aromatic N) is 2. The average molecular weight is 229 g/mol. The summed E-state index contributed by atoms with van der Waals surface area (Å²) in [5, 5.41) is 7.90. The van der Waals surface area contributed by atoms with E-state index in [1.807, 2.05) is 29.1 Å². The van der Waals surface area contributed by atoms with Crippen molar-refractivity contribution in [2.75, 3.05) is 6.54 Å². The Labute approximate surface area is 102 Å². The van der Waals surface area contributed by atoms with E-state index >= 15 is 0 Å². The first kappa shape index (κ1) is 11.9. The van der Waals surface area contributed by atoms with Crippen LogP contribution in [0.1, 0.15) is 32.0 Å². The summed E-state index contributed by atoms with van der Waals surface area (Å²) >= 11 is 0. The molecule has 0 radical (unpaired) electrons. The van der Waals surface area contributed by atoms with Gasteiger partial charge in [0.2, 0.25) is 0 Å². The van der Waals surface area contributed by atoms with E-state index in [1.54, 1.807) is 0 Å². The number of rotatable bonds is 5. The molecule has 2 rings (SSSR count). The van der Waals surface area contributed by atoms with Gasteiger partial charge in [0.15, 0.2) is 0 Å². The highest BCUT2D eigenvalue weighted by Gasteiger charge is 2.13. The largest absolute Gasteiger partial charge is 0.309 e. The first-order valence-electron chi connectivity index (χ1n) is 6.19. The van der Waals surface area contributed by atoms with Crippen molar-refractivity contribution in [3.05, 3.63) is 48.3 Å². The van der Waals surface area contributed by atoms with Gasteiger partial charge in [-0.2, -0.15) is 5.10 Å².